The summed E-state index contributed by atoms with van der Waals surface area (Å²) in [6.07, 6.45) is 4.51. The number of phenolic OH excluding ortho intramolecular Hbond substituents is 1. The number of amides is 2. The number of fused-ring (bicyclic) bond motifs is 3. The molecule has 0 saturated carbocycles. The molecular weight excluding hydrogens is 485 g/mol. The third kappa shape index (κ3) is 3.45. The standard InChI is InChI=1S/C31H26FNO5/c1-3-16-4-7-18(8-5-16)33-30(37)20-10-9-19-21(27(20)31(33)38)14-22-25(35)12-15(2)29(36)28(22)26(19)17-6-11-24(34)23(32)13-17/h4-9,11-13,20-21,26-27,34H,3,10,14H2,1-2H3/t20-,21+,26-,27-/m0/s1. The molecule has 0 spiro atoms. The number of phenols is 1. The van der Waals surface area contributed by atoms with Gasteiger partial charge in [0.25, 0.3) is 0 Å². The Labute approximate surface area is 219 Å². The molecule has 6 nitrogen and oxygen atoms in total. The highest BCUT2D eigenvalue weighted by molar-refractivity contribution is 6.25. The number of aromatic hydroxyl groups is 1. The summed E-state index contributed by atoms with van der Waals surface area (Å²) in [6.45, 7) is 3.61. The van der Waals surface area contributed by atoms with Gasteiger partial charge in [0.05, 0.1) is 17.5 Å². The molecule has 0 bridgehead atoms. The second-order valence-corrected chi connectivity index (χ2v) is 10.5. The van der Waals surface area contributed by atoms with Crippen molar-refractivity contribution in [2.24, 2.45) is 17.8 Å². The van der Waals surface area contributed by atoms with Crippen LogP contribution < -0.4 is 4.90 Å². The zero-order valence-corrected chi connectivity index (χ0v) is 21.0. The smallest absolute Gasteiger partial charge is 0.238 e. The number of carbonyl (C=O) groups excluding carboxylic acids is 4. The minimum absolute atomic E-state index is 0.162. The largest absolute Gasteiger partial charge is 0.505 e. The first-order valence-electron chi connectivity index (χ1n) is 12.9. The number of halogens is 1. The van der Waals surface area contributed by atoms with Gasteiger partial charge in [0, 0.05) is 22.6 Å². The molecule has 1 fully saturated rings. The van der Waals surface area contributed by atoms with Crippen molar-refractivity contribution in [2.45, 2.75) is 39.0 Å². The highest BCUT2D eigenvalue weighted by Crippen LogP contribution is 2.55. The van der Waals surface area contributed by atoms with E-state index in [0.29, 0.717) is 34.4 Å². The van der Waals surface area contributed by atoms with Crippen LogP contribution in [-0.2, 0) is 25.6 Å². The first-order chi connectivity index (χ1) is 18.2. The van der Waals surface area contributed by atoms with Crippen LogP contribution in [0.2, 0.25) is 0 Å². The maximum atomic E-state index is 14.5. The van der Waals surface area contributed by atoms with Crippen molar-refractivity contribution in [3.05, 3.63) is 93.9 Å². The predicted octanol–water partition coefficient (Wildman–Crippen LogP) is 4.73. The first kappa shape index (κ1) is 24.2. The van der Waals surface area contributed by atoms with Gasteiger partial charge in [0.1, 0.15) is 0 Å². The Kier molecular flexibility index (Phi) is 5.56. The van der Waals surface area contributed by atoms with Crippen molar-refractivity contribution >= 4 is 29.1 Å². The van der Waals surface area contributed by atoms with Crippen LogP contribution in [0.25, 0.3) is 0 Å². The summed E-state index contributed by atoms with van der Waals surface area (Å²) in [5, 5.41) is 9.78. The summed E-state index contributed by atoms with van der Waals surface area (Å²) >= 11 is 0. The number of aryl methyl sites for hydroxylation is 1. The molecule has 3 aliphatic carbocycles. The number of anilines is 1. The fraction of sp³-hybridized carbons (Fsp3) is 0.290. The molecule has 1 heterocycles. The monoisotopic (exact) mass is 511 g/mol. The topological polar surface area (TPSA) is 91.8 Å². The highest BCUT2D eigenvalue weighted by Gasteiger charge is 2.56. The van der Waals surface area contributed by atoms with Crippen molar-refractivity contribution in [1.82, 2.24) is 0 Å². The summed E-state index contributed by atoms with van der Waals surface area (Å²) in [6, 6.07) is 11.3. The lowest BCUT2D eigenvalue weighted by Crippen LogP contribution is -2.39. The van der Waals surface area contributed by atoms with Gasteiger partial charge in [-0.2, -0.15) is 0 Å². The number of carbonyl (C=O) groups is 4. The van der Waals surface area contributed by atoms with E-state index in [1.807, 2.05) is 25.1 Å². The summed E-state index contributed by atoms with van der Waals surface area (Å²) in [7, 11) is 0. The van der Waals surface area contributed by atoms with Crippen molar-refractivity contribution in [3.8, 4) is 5.75 Å². The Hall–Kier alpha value is -4.13. The zero-order valence-electron chi connectivity index (χ0n) is 21.0. The molecule has 6 rings (SSSR count). The molecular formula is C31H26FNO5. The number of ketones is 2. The number of benzene rings is 2. The Bertz CT molecular complexity index is 1530. The average Bonchev–Trinajstić information content (AvgIpc) is 3.17. The fourth-order valence-corrected chi connectivity index (χ4v) is 6.58. The normalized spacial score (nSPS) is 26.7. The maximum absolute atomic E-state index is 14.5. The molecule has 7 heteroatoms. The number of rotatable bonds is 3. The molecule has 0 unspecified atom stereocenters. The van der Waals surface area contributed by atoms with Crippen molar-refractivity contribution in [1.29, 1.82) is 0 Å². The van der Waals surface area contributed by atoms with Crippen LogP contribution in [0.3, 0.4) is 0 Å². The summed E-state index contributed by atoms with van der Waals surface area (Å²) in [5.41, 5.74) is 3.69. The molecule has 38 heavy (non-hydrogen) atoms. The molecule has 1 saturated heterocycles. The van der Waals surface area contributed by atoms with E-state index in [1.165, 1.54) is 29.2 Å². The Morgan fingerprint density at radius 2 is 1.74 bits per heavy atom. The van der Waals surface area contributed by atoms with E-state index in [1.54, 1.807) is 19.1 Å². The molecule has 2 amide bonds. The molecule has 0 radical (unpaired) electrons. The second kappa shape index (κ2) is 8.72. The predicted molar refractivity (Wildman–Crippen MR) is 138 cm³/mol. The van der Waals surface area contributed by atoms with E-state index in [9.17, 15) is 28.7 Å². The number of hydrogen-bond donors (Lipinski definition) is 1. The van der Waals surface area contributed by atoms with Gasteiger partial charge in [-0.15, -0.1) is 0 Å². The number of hydrogen-bond acceptors (Lipinski definition) is 5. The minimum atomic E-state index is -0.836. The van der Waals surface area contributed by atoms with Crippen LogP contribution in [0.15, 0.2) is 76.9 Å². The molecule has 192 valence electrons. The van der Waals surface area contributed by atoms with Crippen molar-refractivity contribution in [2.75, 3.05) is 4.90 Å². The quantitative estimate of drug-likeness (QED) is 0.366. The highest BCUT2D eigenvalue weighted by atomic mass is 19.1. The van der Waals surface area contributed by atoms with Crippen LogP contribution in [-0.4, -0.2) is 28.5 Å². The third-order valence-corrected chi connectivity index (χ3v) is 8.47. The molecule has 1 aliphatic heterocycles. The number of imide groups is 1. The Balaban J connectivity index is 1.47. The van der Waals surface area contributed by atoms with E-state index in [2.05, 4.69) is 0 Å². The lowest BCUT2D eigenvalue weighted by atomic mass is 9.59. The Morgan fingerprint density at radius 3 is 2.42 bits per heavy atom. The van der Waals surface area contributed by atoms with E-state index in [0.717, 1.165) is 17.6 Å². The summed E-state index contributed by atoms with van der Waals surface area (Å²) in [4.78, 5) is 55.2. The molecule has 2 aromatic rings. The van der Waals surface area contributed by atoms with Crippen LogP contribution in [0.1, 0.15) is 43.7 Å². The van der Waals surface area contributed by atoms with E-state index in [-0.39, 0.29) is 29.8 Å². The number of Topliss-reactive ketones (excluding diaryl/α,β-unsaturated/α-hetero) is 1. The summed E-state index contributed by atoms with van der Waals surface area (Å²) in [5.74, 6) is -5.04. The summed E-state index contributed by atoms with van der Waals surface area (Å²) < 4.78 is 14.5. The van der Waals surface area contributed by atoms with Crippen molar-refractivity contribution < 1.29 is 28.7 Å². The second-order valence-electron chi connectivity index (χ2n) is 10.5. The Morgan fingerprint density at radius 1 is 1.00 bits per heavy atom. The molecule has 4 atom stereocenters. The van der Waals surface area contributed by atoms with E-state index in [4.69, 9.17) is 0 Å². The van der Waals surface area contributed by atoms with Gasteiger partial charge in [-0.3, -0.25) is 24.1 Å². The van der Waals surface area contributed by atoms with Gasteiger partial charge < -0.3 is 5.11 Å². The molecule has 1 N–H and O–H groups in total. The lowest BCUT2D eigenvalue weighted by Gasteiger charge is -2.42. The van der Waals surface area contributed by atoms with Crippen LogP contribution in [0.4, 0.5) is 10.1 Å². The average molecular weight is 512 g/mol. The van der Waals surface area contributed by atoms with Gasteiger partial charge >= 0.3 is 0 Å². The first-order valence-corrected chi connectivity index (χ1v) is 12.9. The SMILES string of the molecule is CCc1ccc(N2C(=O)[C@H]3[C@H](CC=C4[C@H](c5ccc(O)c(F)c5)C5=C(C[C@H]43)C(=O)C=C(C)C5=O)C2=O)cc1. The van der Waals surface area contributed by atoms with Crippen LogP contribution >= 0.6 is 0 Å². The fourth-order valence-electron chi connectivity index (χ4n) is 6.58. The van der Waals surface area contributed by atoms with Crippen molar-refractivity contribution in [3.63, 3.8) is 0 Å². The number of nitrogens with zero attached hydrogens (tertiary/aromatic N) is 1. The van der Waals surface area contributed by atoms with Gasteiger partial charge in [-0.25, -0.2) is 4.39 Å². The minimum Gasteiger partial charge on any atom is -0.505 e. The number of allylic oxidation sites excluding steroid dienone is 6. The zero-order chi connectivity index (χ0) is 26.9. The van der Waals surface area contributed by atoms with Gasteiger partial charge in [-0.05, 0) is 73.6 Å². The van der Waals surface area contributed by atoms with E-state index >= 15 is 0 Å². The van der Waals surface area contributed by atoms with Gasteiger partial charge in [0.2, 0.25) is 11.8 Å². The third-order valence-electron chi connectivity index (χ3n) is 8.47. The van der Waals surface area contributed by atoms with Crippen LogP contribution in [0.5, 0.6) is 5.75 Å². The lowest BCUT2D eigenvalue weighted by molar-refractivity contribution is -0.123. The molecule has 0 aromatic heterocycles. The van der Waals surface area contributed by atoms with E-state index < -0.39 is 35.2 Å². The van der Waals surface area contributed by atoms with Gasteiger partial charge in [0.15, 0.2) is 23.1 Å². The van der Waals surface area contributed by atoms with Gasteiger partial charge in [-0.1, -0.05) is 36.8 Å². The van der Waals surface area contributed by atoms with Crippen LogP contribution in [0, 0.1) is 23.6 Å². The molecule has 4 aliphatic rings. The maximum Gasteiger partial charge on any atom is 0.238 e. The molecule has 2 aromatic carbocycles.